The van der Waals surface area contributed by atoms with E-state index in [4.69, 9.17) is 5.11 Å². The molecule has 0 spiro atoms. The first kappa shape index (κ1) is 10.1. The Kier molecular flexibility index (Phi) is 2.71. The molecule has 0 fully saturated rings. The number of rotatable bonds is 2. The van der Waals surface area contributed by atoms with Gasteiger partial charge in [0.1, 0.15) is 0 Å². The maximum absolute atomic E-state index is 10.8. The molecule has 0 aromatic carbocycles. The van der Waals surface area contributed by atoms with Gasteiger partial charge in [0.05, 0.1) is 6.42 Å². The maximum atomic E-state index is 10.8. The summed E-state index contributed by atoms with van der Waals surface area (Å²) >= 11 is 0. The SMILES string of the molecule is CC1CCc2cnccc2C1CC(=O)O. The van der Waals surface area contributed by atoms with E-state index in [-0.39, 0.29) is 12.3 Å². The second-order valence-corrected chi connectivity index (χ2v) is 4.29. The molecule has 0 saturated heterocycles. The van der Waals surface area contributed by atoms with Gasteiger partial charge in [0.15, 0.2) is 0 Å². The van der Waals surface area contributed by atoms with Crippen molar-refractivity contribution in [2.45, 2.75) is 32.1 Å². The predicted molar refractivity (Wildman–Crippen MR) is 56.7 cm³/mol. The van der Waals surface area contributed by atoms with Crippen molar-refractivity contribution >= 4 is 5.97 Å². The minimum Gasteiger partial charge on any atom is -0.481 e. The van der Waals surface area contributed by atoms with Crippen molar-refractivity contribution in [1.29, 1.82) is 0 Å². The Morgan fingerprint density at radius 2 is 2.47 bits per heavy atom. The number of carbonyl (C=O) groups is 1. The standard InChI is InChI=1S/C12H15NO2/c1-8-2-3-9-7-13-5-4-10(9)11(8)6-12(14)15/h4-5,7-8,11H,2-3,6H2,1H3,(H,14,15). The van der Waals surface area contributed by atoms with E-state index >= 15 is 0 Å². The highest BCUT2D eigenvalue weighted by Crippen LogP contribution is 2.37. The molecule has 1 aliphatic carbocycles. The Morgan fingerprint density at radius 3 is 3.20 bits per heavy atom. The number of aromatic nitrogens is 1. The van der Waals surface area contributed by atoms with Crippen LogP contribution in [0.15, 0.2) is 18.5 Å². The van der Waals surface area contributed by atoms with Gasteiger partial charge in [-0.25, -0.2) is 0 Å². The lowest BCUT2D eigenvalue weighted by molar-refractivity contribution is -0.137. The van der Waals surface area contributed by atoms with Gasteiger partial charge in [0, 0.05) is 12.4 Å². The number of fused-ring (bicyclic) bond motifs is 1. The minimum absolute atomic E-state index is 0.161. The van der Waals surface area contributed by atoms with Crippen LogP contribution < -0.4 is 0 Å². The molecule has 2 atom stereocenters. The summed E-state index contributed by atoms with van der Waals surface area (Å²) in [5.41, 5.74) is 2.41. The second-order valence-electron chi connectivity index (χ2n) is 4.29. The zero-order valence-corrected chi connectivity index (χ0v) is 8.81. The van der Waals surface area contributed by atoms with Crippen LogP contribution in [0.3, 0.4) is 0 Å². The molecule has 0 bridgehead atoms. The summed E-state index contributed by atoms with van der Waals surface area (Å²) in [6.07, 6.45) is 5.96. The third-order valence-electron chi connectivity index (χ3n) is 3.29. The summed E-state index contributed by atoms with van der Waals surface area (Å²) in [6, 6.07) is 1.97. The van der Waals surface area contributed by atoms with E-state index in [1.165, 1.54) is 11.1 Å². The van der Waals surface area contributed by atoms with Crippen LogP contribution in [0.25, 0.3) is 0 Å². The van der Waals surface area contributed by atoms with Gasteiger partial charge >= 0.3 is 5.97 Å². The number of hydrogen-bond donors (Lipinski definition) is 1. The van der Waals surface area contributed by atoms with Gasteiger partial charge in [-0.05, 0) is 41.9 Å². The molecule has 0 aliphatic heterocycles. The van der Waals surface area contributed by atoms with Gasteiger partial charge in [0.2, 0.25) is 0 Å². The van der Waals surface area contributed by atoms with Crippen LogP contribution in [0.4, 0.5) is 0 Å². The third kappa shape index (κ3) is 2.01. The fraction of sp³-hybridized carbons (Fsp3) is 0.500. The molecule has 80 valence electrons. The van der Waals surface area contributed by atoms with Crippen LogP contribution in [0, 0.1) is 5.92 Å². The average molecular weight is 205 g/mol. The lowest BCUT2D eigenvalue weighted by atomic mass is 9.75. The Labute approximate surface area is 89.2 Å². The van der Waals surface area contributed by atoms with Crippen molar-refractivity contribution in [1.82, 2.24) is 4.98 Å². The molecular formula is C12H15NO2. The predicted octanol–water partition coefficient (Wildman–Crippen LogP) is 2.22. The van der Waals surface area contributed by atoms with Crippen LogP contribution in [0.2, 0.25) is 0 Å². The molecular weight excluding hydrogens is 190 g/mol. The number of nitrogens with zero attached hydrogens (tertiary/aromatic N) is 1. The molecule has 1 aliphatic rings. The first-order valence-corrected chi connectivity index (χ1v) is 5.33. The minimum atomic E-state index is -0.712. The lowest BCUT2D eigenvalue weighted by Gasteiger charge is -2.29. The number of aryl methyl sites for hydroxylation is 1. The summed E-state index contributed by atoms with van der Waals surface area (Å²) in [6.45, 7) is 2.14. The number of carboxylic acid groups (broad SMARTS) is 1. The van der Waals surface area contributed by atoms with E-state index in [0.29, 0.717) is 5.92 Å². The molecule has 2 rings (SSSR count). The first-order chi connectivity index (χ1) is 7.18. The smallest absolute Gasteiger partial charge is 0.303 e. The van der Waals surface area contributed by atoms with Gasteiger partial charge in [-0.15, -0.1) is 0 Å². The molecule has 1 aromatic rings. The Morgan fingerprint density at radius 1 is 1.67 bits per heavy atom. The molecule has 1 heterocycles. The fourth-order valence-electron chi connectivity index (χ4n) is 2.40. The topological polar surface area (TPSA) is 50.2 Å². The normalized spacial score (nSPS) is 24.6. The van der Waals surface area contributed by atoms with E-state index in [1.54, 1.807) is 6.20 Å². The van der Waals surface area contributed by atoms with Crippen LogP contribution in [0.1, 0.15) is 36.8 Å². The fourth-order valence-corrected chi connectivity index (χ4v) is 2.40. The van der Waals surface area contributed by atoms with Crippen LogP contribution in [-0.4, -0.2) is 16.1 Å². The van der Waals surface area contributed by atoms with Crippen molar-refractivity contribution in [2.75, 3.05) is 0 Å². The number of hydrogen-bond acceptors (Lipinski definition) is 2. The Hall–Kier alpha value is -1.38. The first-order valence-electron chi connectivity index (χ1n) is 5.33. The highest BCUT2D eigenvalue weighted by Gasteiger charge is 2.28. The largest absolute Gasteiger partial charge is 0.481 e. The molecule has 1 aromatic heterocycles. The molecule has 0 amide bonds. The van der Waals surface area contributed by atoms with E-state index in [2.05, 4.69) is 11.9 Å². The lowest BCUT2D eigenvalue weighted by Crippen LogP contribution is -2.21. The summed E-state index contributed by atoms with van der Waals surface area (Å²) in [5.74, 6) is -0.0956. The second kappa shape index (κ2) is 4.01. The molecule has 0 saturated carbocycles. The Balaban J connectivity index is 2.32. The molecule has 15 heavy (non-hydrogen) atoms. The molecule has 2 unspecified atom stereocenters. The van der Waals surface area contributed by atoms with Crippen LogP contribution in [-0.2, 0) is 11.2 Å². The molecule has 3 nitrogen and oxygen atoms in total. The van der Waals surface area contributed by atoms with Gasteiger partial charge in [-0.2, -0.15) is 0 Å². The van der Waals surface area contributed by atoms with Gasteiger partial charge in [0.25, 0.3) is 0 Å². The number of aliphatic carboxylic acids is 1. The van der Waals surface area contributed by atoms with E-state index in [9.17, 15) is 4.79 Å². The summed E-state index contributed by atoms with van der Waals surface area (Å²) in [4.78, 5) is 14.9. The van der Waals surface area contributed by atoms with Gasteiger partial charge in [-0.1, -0.05) is 6.92 Å². The molecule has 1 N–H and O–H groups in total. The summed E-state index contributed by atoms with van der Waals surface area (Å²) in [7, 11) is 0. The van der Waals surface area contributed by atoms with Crippen LogP contribution >= 0.6 is 0 Å². The third-order valence-corrected chi connectivity index (χ3v) is 3.29. The average Bonchev–Trinajstić information content (AvgIpc) is 2.22. The highest BCUT2D eigenvalue weighted by atomic mass is 16.4. The Bertz CT molecular complexity index is 376. The zero-order valence-electron chi connectivity index (χ0n) is 8.81. The number of pyridine rings is 1. The monoisotopic (exact) mass is 205 g/mol. The van der Waals surface area contributed by atoms with Crippen molar-refractivity contribution in [3.63, 3.8) is 0 Å². The maximum Gasteiger partial charge on any atom is 0.303 e. The summed E-state index contributed by atoms with van der Waals surface area (Å²) < 4.78 is 0. The van der Waals surface area contributed by atoms with Crippen molar-refractivity contribution < 1.29 is 9.90 Å². The number of carboxylic acids is 1. The van der Waals surface area contributed by atoms with E-state index in [0.717, 1.165) is 12.8 Å². The summed E-state index contributed by atoms with van der Waals surface area (Å²) in [5, 5.41) is 8.89. The van der Waals surface area contributed by atoms with Crippen molar-refractivity contribution in [3.05, 3.63) is 29.6 Å². The molecule has 0 radical (unpaired) electrons. The van der Waals surface area contributed by atoms with E-state index in [1.807, 2.05) is 12.3 Å². The highest BCUT2D eigenvalue weighted by molar-refractivity contribution is 5.68. The van der Waals surface area contributed by atoms with Crippen LogP contribution in [0.5, 0.6) is 0 Å². The quantitative estimate of drug-likeness (QED) is 0.805. The van der Waals surface area contributed by atoms with Crippen molar-refractivity contribution in [2.24, 2.45) is 5.92 Å². The molecule has 3 heteroatoms. The van der Waals surface area contributed by atoms with Crippen molar-refractivity contribution in [3.8, 4) is 0 Å². The van der Waals surface area contributed by atoms with Gasteiger partial charge < -0.3 is 5.11 Å². The van der Waals surface area contributed by atoms with Gasteiger partial charge in [-0.3, -0.25) is 9.78 Å². The van der Waals surface area contributed by atoms with E-state index < -0.39 is 5.97 Å². The zero-order chi connectivity index (χ0) is 10.8.